The summed E-state index contributed by atoms with van der Waals surface area (Å²) in [5.74, 6) is -1.67. The van der Waals surface area contributed by atoms with Crippen molar-refractivity contribution in [3.63, 3.8) is 0 Å². The Hall–Kier alpha value is -1.54. The van der Waals surface area contributed by atoms with E-state index in [1.807, 2.05) is 13.8 Å². The summed E-state index contributed by atoms with van der Waals surface area (Å²) in [5, 5.41) is 3.03. The molecule has 29 heavy (non-hydrogen) atoms. The van der Waals surface area contributed by atoms with Crippen LogP contribution < -0.4 is 5.32 Å². The predicted octanol–water partition coefficient (Wildman–Crippen LogP) is 3.99. The molecule has 2 amide bonds. The van der Waals surface area contributed by atoms with Crippen molar-refractivity contribution in [3.8, 4) is 0 Å². The fourth-order valence-corrected chi connectivity index (χ4v) is 3.36. The third-order valence-electron chi connectivity index (χ3n) is 4.54. The Kier molecular flexibility index (Phi) is 11.6. The molecule has 0 aliphatic carbocycles. The van der Waals surface area contributed by atoms with Crippen LogP contribution in [0.4, 0.5) is 8.78 Å². The van der Waals surface area contributed by atoms with E-state index in [0.29, 0.717) is 24.4 Å². The first-order valence-corrected chi connectivity index (χ1v) is 9.41. The van der Waals surface area contributed by atoms with Crippen molar-refractivity contribution in [1.82, 2.24) is 10.2 Å². The number of hydrogen-bond acceptors (Lipinski definition) is 2. The quantitative estimate of drug-likeness (QED) is 0.672. The van der Waals surface area contributed by atoms with Crippen molar-refractivity contribution in [2.24, 2.45) is 11.8 Å². The average molecular weight is 447 g/mol. The van der Waals surface area contributed by atoms with E-state index >= 15 is 0 Å². The van der Waals surface area contributed by atoms with E-state index in [2.05, 4.69) is 19.2 Å². The molecule has 1 aliphatic heterocycles. The fourth-order valence-electron chi connectivity index (χ4n) is 3.36. The van der Waals surface area contributed by atoms with Crippen LogP contribution in [0, 0.1) is 23.5 Å². The highest BCUT2D eigenvalue weighted by molar-refractivity contribution is 7.59. The number of hydrogen-bond donors (Lipinski definition) is 1. The molecule has 164 valence electrons. The molecule has 0 spiro atoms. The molecular formula is C21H32F2N2O2S2. The molecular weight excluding hydrogens is 414 g/mol. The maximum atomic E-state index is 13.3. The Bertz CT molecular complexity index is 727. The maximum Gasteiger partial charge on any atom is 0.247 e. The van der Waals surface area contributed by atoms with Crippen LogP contribution in [0.15, 0.2) is 24.3 Å². The van der Waals surface area contributed by atoms with Gasteiger partial charge < -0.3 is 10.2 Å². The molecule has 4 nitrogen and oxygen atoms in total. The van der Waals surface area contributed by atoms with E-state index in [-0.39, 0.29) is 50.8 Å². The lowest BCUT2D eigenvalue weighted by Crippen LogP contribution is -2.61. The number of benzene rings is 1. The molecule has 0 aromatic heterocycles. The first kappa shape index (κ1) is 27.5. The van der Waals surface area contributed by atoms with Gasteiger partial charge in [0.25, 0.3) is 0 Å². The number of carbonyl (C=O) groups excluding carboxylic acids is 2. The minimum absolute atomic E-state index is 0. The van der Waals surface area contributed by atoms with Gasteiger partial charge in [-0.05, 0) is 48.4 Å². The SMILES string of the molecule is CC(C)C[C@H]1CN(C(=O)/C=C/c2ccc(F)c(F)c2)[C@@H](CC(C)C)C(=O)N1.S.S. The van der Waals surface area contributed by atoms with Crippen LogP contribution in [0.25, 0.3) is 6.08 Å². The number of carbonyl (C=O) groups is 2. The van der Waals surface area contributed by atoms with E-state index in [9.17, 15) is 18.4 Å². The minimum Gasteiger partial charge on any atom is -0.350 e. The van der Waals surface area contributed by atoms with Crippen molar-refractivity contribution >= 4 is 44.9 Å². The summed E-state index contributed by atoms with van der Waals surface area (Å²) in [6.45, 7) is 8.60. The summed E-state index contributed by atoms with van der Waals surface area (Å²) < 4.78 is 26.4. The van der Waals surface area contributed by atoms with Gasteiger partial charge in [-0.2, -0.15) is 27.0 Å². The molecule has 0 unspecified atom stereocenters. The molecule has 0 saturated carbocycles. The Morgan fingerprint density at radius 1 is 1.14 bits per heavy atom. The zero-order valence-corrected chi connectivity index (χ0v) is 19.3. The second-order valence-corrected chi connectivity index (χ2v) is 7.98. The second-order valence-electron chi connectivity index (χ2n) is 7.98. The third-order valence-corrected chi connectivity index (χ3v) is 4.54. The molecule has 0 radical (unpaired) electrons. The molecule has 2 atom stereocenters. The second kappa shape index (κ2) is 12.2. The van der Waals surface area contributed by atoms with Crippen LogP contribution in [0.2, 0.25) is 0 Å². The number of piperazine rings is 1. The third kappa shape index (κ3) is 8.01. The van der Waals surface area contributed by atoms with Gasteiger partial charge >= 0.3 is 0 Å². The standard InChI is InChI=1S/C21H28F2N2O2.2H2S/c1-13(2)9-16-12-25(19(10-14(3)4)21(27)24-16)20(26)8-6-15-5-7-17(22)18(23)11-15;;/h5-8,11,13-14,16,19H,9-10,12H2,1-4H3,(H,24,27);2*1H2/b8-6+;;/t16-,19-;;/m0../s1. The zero-order valence-electron chi connectivity index (χ0n) is 17.3. The molecule has 0 bridgehead atoms. The van der Waals surface area contributed by atoms with Crippen molar-refractivity contribution in [2.45, 2.75) is 52.6 Å². The van der Waals surface area contributed by atoms with Crippen molar-refractivity contribution in [2.75, 3.05) is 6.54 Å². The molecule has 1 heterocycles. The largest absolute Gasteiger partial charge is 0.350 e. The summed E-state index contributed by atoms with van der Waals surface area (Å²) in [6, 6.07) is 2.86. The van der Waals surface area contributed by atoms with Crippen molar-refractivity contribution in [1.29, 1.82) is 0 Å². The number of nitrogens with one attached hydrogen (secondary N) is 1. The van der Waals surface area contributed by atoms with Gasteiger partial charge in [-0.15, -0.1) is 0 Å². The smallest absolute Gasteiger partial charge is 0.247 e. The van der Waals surface area contributed by atoms with E-state index in [1.54, 1.807) is 4.90 Å². The summed E-state index contributed by atoms with van der Waals surface area (Å²) >= 11 is 0. The van der Waals surface area contributed by atoms with Gasteiger partial charge in [0.2, 0.25) is 11.8 Å². The van der Waals surface area contributed by atoms with Crippen molar-refractivity contribution in [3.05, 3.63) is 41.5 Å². The van der Waals surface area contributed by atoms with Gasteiger partial charge in [-0.25, -0.2) is 8.78 Å². The Balaban J connectivity index is 0.00000392. The van der Waals surface area contributed by atoms with Crippen LogP contribution in [0.5, 0.6) is 0 Å². The molecule has 8 heteroatoms. The summed E-state index contributed by atoms with van der Waals surface area (Å²) in [5.41, 5.74) is 0.392. The predicted molar refractivity (Wildman–Crippen MR) is 122 cm³/mol. The summed E-state index contributed by atoms with van der Waals surface area (Å²) in [4.78, 5) is 27.0. The molecule has 1 aromatic carbocycles. The number of amides is 2. The molecule has 1 saturated heterocycles. The molecule has 1 aliphatic rings. The van der Waals surface area contributed by atoms with Crippen LogP contribution in [0.3, 0.4) is 0 Å². The molecule has 1 N–H and O–H groups in total. The minimum atomic E-state index is -0.961. The van der Waals surface area contributed by atoms with Crippen LogP contribution in [-0.2, 0) is 9.59 Å². The van der Waals surface area contributed by atoms with Gasteiger partial charge in [0.15, 0.2) is 11.6 Å². The molecule has 2 rings (SSSR count). The van der Waals surface area contributed by atoms with E-state index in [0.717, 1.165) is 18.6 Å². The van der Waals surface area contributed by atoms with E-state index < -0.39 is 17.7 Å². The average Bonchev–Trinajstić information content (AvgIpc) is 2.57. The van der Waals surface area contributed by atoms with Gasteiger partial charge in [0, 0.05) is 18.7 Å². The first-order valence-electron chi connectivity index (χ1n) is 9.41. The van der Waals surface area contributed by atoms with Crippen LogP contribution in [-0.4, -0.2) is 35.3 Å². The number of halogens is 2. The van der Waals surface area contributed by atoms with E-state index in [1.165, 1.54) is 18.2 Å². The summed E-state index contributed by atoms with van der Waals surface area (Å²) in [6.07, 6.45) is 4.13. The highest BCUT2D eigenvalue weighted by Crippen LogP contribution is 2.20. The Morgan fingerprint density at radius 3 is 2.31 bits per heavy atom. The monoisotopic (exact) mass is 446 g/mol. The van der Waals surface area contributed by atoms with Crippen LogP contribution in [0.1, 0.15) is 46.1 Å². The van der Waals surface area contributed by atoms with Crippen LogP contribution >= 0.6 is 27.0 Å². The number of rotatable bonds is 6. The highest BCUT2D eigenvalue weighted by atomic mass is 32.1. The van der Waals surface area contributed by atoms with Gasteiger partial charge in [-0.3, -0.25) is 9.59 Å². The first-order chi connectivity index (χ1) is 12.7. The topological polar surface area (TPSA) is 49.4 Å². The van der Waals surface area contributed by atoms with Gasteiger partial charge in [0.05, 0.1) is 0 Å². The molecule has 1 aromatic rings. The van der Waals surface area contributed by atoms with Gasteiger partial charge in [-0.1, -0.05) is 33.8 Å². The number of nitrogens with zero attached hydrogens (tertiary/aromatic N) is 1. The van der Waals surface area contributed by atoms with Gasteiger partial charge in [0.1, 0.15) is 6.04 Å². The lowest BCUT2D eigenvalue weighted by atomic mass is 9.95. The normalized spacial score (nSPS) is 19.2. The molecule has 1 fully saturated rings. The summed E-state index contributed by atoms with van der Waals surface area (Å²) in [7, 11) is 0. The van der Waals surface area contributed by atoms with Crippen molar-refractivity contribution < 1.29 is 18.4 Å². The lowest BCUT2D eigenvalue weighted by Gasteiger charge is -2.40. The zero-order chi connectivity index (χ0) is 20.1. The maximum absolute atomic E-state index is 13.3. The lowest BCUT2D eigenvalue weighted by molar-refractivity contribution is -0.142. The fraction of sp³-hybridized carbons (Fsp3) is 0.524. The highest BCUT2D eigenvalue weighted by Gasteiger charge is 2.36. The van der Waals surface area contributed by atoms with E-state index in [4.69, 9.17) is 0 Å². The Morgan fingerprint density at radius 2 is 1.76 bits per heavy atom. The Labute approximate surface area is 186 Å².